The number of carbonyl (C=O) groups is 2. The molecular formula is C25H25N3O4S. The van der Waals surface area contributed by atoms with Gasteiger partial charge in [0.1, 0.15) is 11.9 Å². The molecule has 1 N–H and O–H groups in total. The van der Waals surface area contributed by atoms with Gasteiger partial charge in [0.25, 0.3) is 5.91 Å². The lowest BCUT2D eigenvalue weighted by molar-refractivity contribution is -0.119. The number of aromatic nitrogens is 1. The van der Waals surface area contributed by atoms with Crippen molar-refractivity contribution < 1.29 is 18.5 Å². The fourth-order valence-corrected chi connectivity index (χ4v) is 4.40. The van der Waals surface area contributed by atoms with Crippen LogP contribution in [0.3, 0.4) is 0 Å². The number of amides is 1. The summed E-state index contributed by atoms with van der Waals surface area (Å²) < 4.78 is 19.3. The van der Waals surface area contributed by atoms with Gasteiger partial charge in [0.2, 0.25) is 0 Å². The SMILES string of the molecule is CC[S@](=O)c1ccccc1C(=O)OCC(=O)Nc1c(C#N)c(C)c(C)n1Cc1ccccc1. The second kappa shape index (κ2) is 10.7. The largest absolute Gasteiger partial charge is 0.452 e. The summed E-state index contributed by atoms with van der Waals surface area (Å²) in [6.45, 7) is 5.41. The van der Waals surface area contributed by atoms with Crippen LogP contribution in [0.5, 0.6) is 0 Å². The van der Waals surface area contributed by atoms with E-state index in [1.165, 1.54) is 6.07 Å². The number of nitrogens with one attached hydrogen (secondary N) is 1. The fourth-order valence-electron chi connectivity index (χ4n) is 3.46. The van der Waals surface area contributed by atoms with Crippen molar-refractivity contribution in [1.82, 2.24) is 4.57 Å². The van der Waals surface area contributed by atoms with Gasteiger partial charge in [-0.15, -0.1) is 0 Å². The Morgan fingerprint density at radius 3 is 2.42 bits per heavy atom. The topological polar surface area (TPSA) is 101 Å². The lowest BCUT2D eigenvalue weighted by Crippen LogP contribution is -2.23. The molecule has 0 saturated carbocycles. The molecule has 0 saturated heterocycles. The number of hydrogen-bond donors (Lipinski definition) is 1. The molecule has 2 aromatic carbocycles. The van der Waals surface area contributed by atoms with Gasteiger partial charge < -0.3 is 14.6 Å². The van der Waals surface area contributed by atoms with Gasteiger partial charge in [-0.1, -0.05) is 49.4 Å². The minimum absolute atomic E-state index is 0.169. The van der Waals surface area contributed by atoms with Gasteiger partial charge in [0.05, 0.1) is 26.8 Å². The number of hydrogen-bond acceptors (Lipinski definition) is 5. The lowest BCUT2D eigenvalue weighted by Gasteiger charge is -2.14. The maximum absolute atomic E-state index is 12.6. The third-order valence-electron chi connectivity index (χ3n) is 5.33. The van der Waals surface area contributed by atoms with Crippen LogP contribution in [0.1, 0.15) is 39.7 Å². The first kappa shape index (κ1) is 24.0. The predicted molar refractivity (Wildman–Crippen MR) is 126 cm³/mol. The highest BCUT2D eigenvalue weighted by Gasteiger charge is 2.21. The van der Waals surface area contributed by atoms with Gasteiger partial charge in [0, 0.05) is 18.0 Å². The molecule has 0 aliphatic carbocycles. The molecule has 0 bridgehead atoms. The van der Waals surface area contributed by atoms with Crippen LogP contribution < -0.4 is 5.32 Å². The summed E-state index contributed by atoms with van der Waals surface area (Å²) in [4.78, 5) is 25.6. The number of nitrogens with zero attached hydrogens (tertiary/aromatic N) is 2. The average molecular weight is 464 g/mol. The van der Waals surface area contributed by atoms with Crippen LogP contribution in [-0.2, 0) is 26.9 Å². The summed E-state index contributed by atoms with van der Waals surface area (Å²) in [5, 5.41) is 12.4. The third-order valence-corrected chi connectivity index (χ3v) is 6.70. The molecule has 0 aliphatic rings. The standard InChI is InChI=1S/C25H25N3O4S/c1-4-33(31)22-13-9-8-12-20(22)25(30)32-16-23(29)27-24-21(14-26)17(2)18(3)28(24)15-19-10-6-5-7-11-19/h5-13H,4,15-16H2,1-3H3,(H,27,29)/t33-/m0/s1. The van der Waals surface area contributed by atoms with Crippen molar-refractivity contribution in [2.75, 3.05) is 17.7 Å². The smallest absolute Gasteiger partial charge is 0.339 e. The molecule has 7 nitrogen and oxygen atoms in total. The van der Waals surface area contributed by atoms with Gasteiger partial charge >= 0.3 is 5.97 Å². The summed E-state index contributed by atoms with van der Waals surface area (Å²) in [7, 11) is -1.34. The van der Waals surface area contributed by atoms with E-state index in [9.17, 15) is 19.1 Å². The third kappa shape index (κ3) is 5.38. The van der Waals surface area contributed by atoms with Crippen LogP contribution in [0.4, 0.5) is 5.82 Å². The normalized spacial score (nSPS) is 11.5. The van der Waals surface area contributed by atoms with Gasteiger partial charge in [0.15, 0.2) is 6.61 Å². The van der Waals surface area contributed by atoms with Gasteiger partial charge in [-0.25, -0.2) is 4.79 Å². The van der Waals surface area contributed by atoms with Crippen LogP contribution in [0.15, 0.2) is 59.5 Å². The van der Waals surface area contributed by atoms with Gasteiger partial charge in [-0.05, 0) is 37.1 Å². The van der Waals surface area contributed by atoms with E-state index in [-0.39, 0.29) is 5.56 Å². The van der Waals surface area contributed by atoms with Crippen LogP contribution in [0.2, 0.25) is 0 Å². The molecule has 0 unspecified atom stereocenters. The summed E-state index contributed by atoms with van der Waals surface area (Å²) >= 11 is 0. The Labute approximate surface area is 195 Å². The van der Waals surface area contributed by atoms with Gasteiger partial charge in [-0.2, -0.15) is 5.26 Å². The molecule has 3 rings (SSSR count). The number of nitriles is 1. The Morgan fingerprint density at radius 1 is 1.09 bits per heavy atom. The van der Waals surface area contributed by atoms with E-state index >= 15 is 0 Å². The quantitative estimate of drug-likeness (QED) is 0.510. The monoisotopic (exact) mass is 463 g/mol. The molecule has 1 amide bonds. The van der Waals surface area contributed by atoms with Crippen LogP contribution in [0, 0.1) is 25.2 Å². The van der Waals surface area contributed by atoms with Crippen LogP contribution in [0.25, 0.3) is 0 Å². The molecule has 0 aliphatic heterocycles. The fraction of sp³-hybridized carbons (Fsp3) is 0.240. The van der Waals surface area contributed by atoms with E-state index in [0.29, 0.717) is 28.6 Å². The molecule has 0 spiro atoms. The van der Waals surface area contributed by atoms with E-state index in [4.69, 9.17) is 4.74 Å². The number of ether oxygens (including phenoxy) is 1. The van der Waals surface area contributed by atoms with E-state index < -0.39 is 29.3 Å². The molecule has 0 fully saturated rings. The van der Waals surface area contributed by atoms with Crippen LogP contribution >= 0.6 is 0 Å². The summed E-state index contributed by atoms with van der Waals surface area (Å²) in [5.74, 6) is -0.570. The van der Waals surface area contributed by atoms with E-state index in [1.54, 1.807) is 25.1 Å². The van der Waals surface area contributed by atoms with Crippen LogP contribution in [-0.4, -0.2) is 33.0 Å². The van der Waals surface area contributed by atoms with Gasteiger partial charge in [-0.3, -0.25) is 9.00 Å². The first-order valence-electron chi connectivity index (χ1n) is 10.4. The number of benzene rings is 2. The zero-order valence-electron chi connectivity index (χ0n) is 18.8. The highest BCUT2D eigenvalue weighted by Crippen LogP contribution is 2.27. The number of anilines is 1. The molecule has 170 valence electrons. The Balaban J connectivity index is 1.77. The van der Waals surface area contributed by atoms with Crippen molar-refractivity contribution in [2.24, 2.45) is 0 Å². The molecule has 1 heterocycles. The lowest BCUT2D eigenvalue weighted by atomic mass is 10.2. The van der Waals surface area contributed by atoms with Crippen molar-refractivity contribution >= 4 is 28.5 Å². The maximum atomic E-state index is 12.6. The highest BCUT2D eigenvalue weighted by atomic mass is 32.2. The minimum Gasteiger partial charge on any atom is -0.452 e. The Hall–Kier alpha value is -3.70. The molecule has 1 atom stereocenters. The molecule has 1 aromatic heterocycles. The van der Waals surface area contributed by atoms with Crippen molar-refractivity contribution in [3.05, 3.63) is 82.5 Å². The Kier molecular flexibility index (Phi) is 7.80. The Morgan fingerprint density at radius 2 is 1.76 bits per heavy atom. The zero-order valence-corrected chi connectivity index (χ0v) is 19.6. The van der Waals surface area contributed by atoms with Crippen molar-refractivity contribution in [3.8, 4) is 6.07 Å². The summed E-state index contributed by atoms with van der Waals surface area (Å²) in [6.07, 6.45) is 0. The first-order chi connectivity index (χ1) is 15.9. The van der Waals surface area contributed by atoms with E-state index in [0.717, 1.165) is 16.8 Å². The first-order valence-corrected chi connectivity index (χ1v) is 11.8. The summed E-state index contributed by atoms with van der Waals surface area (Å²) in [5.41, 5.74) is 3.19. The minimum atomic E-state index is -1.34. The molecule has 8 heteroatoms. The number of carbonyl (C=O) groups excluding carboxylic acids is 2. The zero-order chi connectivity index (χ0) is 24.0. The summed E-state index contributed by atoms with van der Waals surface area (Å²) in [6, 6.07) is 18.3. The molecule has 33 heavy (non-hydrogen) atoms. The molecular weight excluding hydrogens is 438 g/mol. The Bertz CT molecular complexity index is 1240. The van der Waals surface area contributed by atoms with E-state index in [2.05, 4.69) is 11.4 Å². The highest BCUT2D eigenvalue weighted by molar-refractivity contribution is 7.85. The number of rotatable bonds is 8. The molecule has 3 aromatic rings. The van der Waals surface area contributed by atoms with Crippen molar-refractivity contribution in [2.45, 2.75) is 32.2 Å². The van der Waals surface area contributed by atoms with E-state index in [1.807, 2.05) is 48.7 Å². The van der Waals surface area contributed by atoms with Crippen molar-refractivity contribution in [1.29, 1.82) is 5.26 Å². The average Bonchev–Trinajstić information content (AvgIpc) is 3.06. The van der Waals surface area contributed by atoms with Crippen molar-refractivity contribution in [3.63, 3.8) is 0 Å². The number of esters is 1. The maximum Gasteiger partial charge on any atom is 0.339 e. The molecule has 0 radical (unpaired) electrons. The second-order valence-electron chi connectivity index (χ2n) is 7.37. The second-order valence-corrected chi connectivity index (χ2v) is 9.08. The predicted octanol–water partition coefficient (Wildman–Crippen LogP) is 3.95.